The van der Waals surface area contributed by atoms with Gasteiger partial charge in [0.05, 0.1) is 0 Å². The van der Waals surface area contributed by atoms with Crippen molar-refractivity contribution in [3.05, 3.63) is 0 Å². The molecule has 2 nitrogen and oxygen atoms in total. The van der Waals surface area contributed by atoms with Gasteiger partial charge in [0.1, 0.15) is 0 Å². The zero-order valence-corrected chi connectivity index (χ0v) is 9.79. The SMILES string of the molecule is CC.CP.OCC1CCCNC1. The second kappa shape index (κ2) is 13.9. The van der Waals surface area contributed by atoms with E-state index in [0.717, 1.165) is 13.1 Å². The fourth-order valence-corrected chi connectivity index (χ4v) is 1.08. The molecule has 0 aliphatic carbocycles. The maximum Gasteiger partial charge on any atom is 0.0471 e. The molecular formula is C9H24NOP. The van der Waals surface area contributed by atoms with Crippen molar-refractivity contribution >= 4 is 9.24 Å². The van der Waals surface area contributed by atoms with Crippen LogP contribution in [0.25, 0.3) is 0 Å². The standard InChI is InChI=1S/C6H13NO.C2H6.CH5P/c8-5-6-2-1-3-7-4-6;2*1-2/h6-8H,1-5H2;1-2H3;2H2,1H3. The van der Waals surface area contributed by atoms with E-state index in [-0.39, 0.29) is 0 Å². The highest BCUT2D eigenvalue weighted by molar-refractivity contribution is 7.15. The minimum Gasteiger partial charge on any atom is -0.396 e. The summed E-state index contributed by atoms with van der Waals surface area (Å²) in [5, 5.41) is 11.9. The van der Waals surface area contributed by atoms with Gasteiger partial charge in [-0.2, -0.15) is 0 Å². The molecule has 0 saturated carbocycles. The fraction of sp³-hybridized carbons (Fsp3) is 1.00. The Morgan fingerprint density at radius 3 is 2.25 bits per heavy atom. The summed E-state index contributed by atoms with van der Waals surface area (Å²) in [6.45, 7) is 8.42. The number of piperidine rings is 1. The normalized spacial score (nSPS) is 21.2. The van der Waals surface area contributed by atoms with Crippen LogP contribution in [-0.4, -0.2) is 31.5 Å². The van der Waals surface area contributed by atoms with Crippen molar-refractivity contribution in [3.63, 3.8) is 0 Å². The topological polar surface area (TPSA) is 32.3 Å². The van der Waals surface area contributed by atoms with Crippen molar-refractivity contribution in [2.45, 2.75) is 26.7 Å². The molecule has 0 radical (unpaired) electrons. The van der Waals surface area contributed by atoms with E-state index < -0.39 is 0 Å². The average molecular weight is 193 g/mol. The van der Waals surface area contributed by atoms with E-state index >= 15 is 0 Å². The Labute approximate surface area is 79.3 Å². The second-order valence-electron chi connectivity index (χ2n) is 2.39. The monoisotopic (exact) mass is 193 g/mol. The van der Waals surface area contributed by atoms with E-state index in [2.05, 4.69) is 14.6 Å². The minimum atomic E-state index is 0.354. The van der Waals surface area contributed by atoms with Crippen LogP contribution in [0.4, 0.5) is 0 Å². The van der Waals surface area contributed by atoms with Crippen LogP contribution >= 0.6 is 9.24 Å². The molecule has 1 rings (SSSR count). The van der Waals surface area contributed by atoms with Gasteiger partial charge in [-0.05, 0) is 25.3 Å². The molecule has 0 bridgehead atoms. The lowest BCUT2D eigenvalue weighted by molar-refractivity contribution is 0.199. The van der Waals surface area contributed by atoms with E-state index in [4.69, 9.17) is 5.11 Å². The van der Waals surface area contributed by atoms with Gasteiger partial charge < -0.3 is 10.4 Å². The number of nitrogens with one attached hydrogen (secondary N) is 1. The average Bonchev–Trinajstić information content (AvgIpc) is 2.25. The maximum atomic E-state index is 8.65. The van der Waals surface area contributed by atoms with Crippen LogP contribution in [0.1, 0.15) is 26.7 Å². The predicted octanol–water partition coefficient (Wildman–Crippen LogP) is 1.50. The van der Waals surface area contributed by atoms with E-state index in [1.807, 2.05) is 20.5 Å². The van der Waals surface area contributed by atoms with Gasteiger partial charge in [-0.3, -0.25) is 0 Å². The first-order valence-corrected chi connectivity index (χ1v) is 5.98. The van der Waals surface area contributed by atoms with E-state index in [1.165, 1.54) is 12.8 Å². The van der Waals surface area contributed by atoms with E-state index in [0.29, 0.717) is 12.5 Å². The number of aliphatic hydroxyl groups is 1. The Bertz CT molecular complexity index is 65.5. The smallest absolute Gasteiger partial charge is 0.0471 e. The van der Waals surface area contributed by atoms with Gasteiger partial charge in [0.2, 0.25) is 0 Å². The van der Waals surface area contributed by atoms with E-state index in [9.17, 15) is 0 Å². The highest BCUT2D eigenvalue weighted by Gasteiger charge is 2.09. The van der Waals surface area contributed by atoms with Crippen LogP contribution in [0.15, 0.2) is 0 Å². The van der Waals surface area contributed by atoms with Crippen LogP contribution < -0.4 is 5.32 Å². The Hall–Kier alpha value is 0.350. The van der Waals surface area contributed by atoms with Crippen molar-refractivity contribution < 1.29 is 5.11 Å². The molecule has 0 spiro atoms. The molecule has 0 aromatic rings. The Morgan fingerprint density at radius 2 is 2.00 bits per heavy atom. The van der Waals surface area contributed by atoms with Crippen molar-refractivity contribution in [1.29, 1.82) is 0 Å². The molecule has 0 amide bonds. The lowest BCUT2D eigenvalue weighted by Gasteiger charge is -2.19. The molecule has 2 unspecified atom stereocenters. The summed E-state index contributed by atoms with van der Waals surface area (Å²) in [4.78, 5) is 0. The van der Waals surface area contributed by atoms with Gasteiger partial charge in [-0.15, -0.1) is 9.24 Å². The van der Waals surface area contributed by atoms with Crippen LogP contribution in [0.3, 0.4) is 0 Å². The van der Waals surface area contributed by atoms with Crippen LogP contribution in [0.5, 0.6) is 0 Å². The summed E-state index contributed by atoms with van der Waals surface area (Å²) in [5.74, 6) is 0.531. The van der Waals surface area contributed by atoms with Gasteiger partial charge in [0, 0.05) is 13.2 Å². The van der Waals surface area contributed by atoms with Gasteiger partial charge >= 0.3 is 0 Å². The third kappa shape index (κ3) is 8.45. The van der Waals surface area contributed by atoms with Crippen LogP contribution in [0, 0.1) is 5.92 Å². The first-order chi connectivity index (χ1) is 5.93. The van der Waals surface area contributed by atoms with Gasteiger partial charge in [-0.1, -0.05) is 20.5 Å². The molecule has 12 heavy (non-hydrogen) atoms. The lowest BCUT2D eigenvalue weighted by Crippen LogP contribution is -2.31. The quantitative estimate of drug-likeness (QED) is 0.618. The molecular weight excluding hydrogens is 169 g/mol. The van der Waals surface area contributed by atoms with Crippen molar-refractivity contribution in [2.24, 2.45) is 5.92 Å². The Kier molecular flexibility index (Phi) is 17.2. The summed E-state index contributed by atoms with van der Waals surface area (Å²) in [5.41, 5.74) is 0. The minimum absolute atomic E-state index is 0.354. The van der Waals surface area contributed by atoms with E-state index in [1.54, 1.807) is 0 Å². The third-order valence-corrected chi connectivity index (χ3v) is 1.66. The zero-order valence-electron chi connectivity index (χ0n) is 8.64. The molecule has 1 aliphatic rings. The number of hydrogen-bond acceptors (Lipinski definition) is 2. The summed E-state index contributed by atoms with van der Waals surface area (Å²) < 4.78 is 0. The number of aliphatic hydroxyl groups excluding tert-OH is 1. The van der Waals surface area contributed by atoms with Crippen molar-refractivity contribution in [3.8, 4) is 0 Å². The molecule has 2 atom stereocenters. The predicted molar refractivity (Wildman–Crippen MR) is 59.7 cm³/mol. The highest BCUT2D eigenvalue weighted by Crippen LogP contribution is 2.07. The molecule has 0 aromatic heterocycles. The first-order valence-electron chi connectivity index (χ1n) is 4.83. The molecule has 2 N–H and O–H groups in total. The fourth-order valence-electron chi connectivity index (χ4n) is 1.08. The molecule has 76 valence electrons. The second-order valence-corrected chi connectivity index (χ2v) is 2.39. The van der Waals surface area contributed by atoms with Gasteiger partial charge in [0.25, 0.3) is 0 Å². The molecule has 1 fully saturated rings. The van der Waals surface area contributed by atoms with Crippen LogP contribution in [0.2, 0.25) is 0 Å². The van der Waals surface area contributed by atoms with Gasteiger partial charge in [0.15, 0.2) is 0 Å². The molecule has 1 aliphatic heterocycles. The van der Waals surface area contributed by atoms with Crippen molar-refractivity contribution in [1.82, 2.24) is 5.32 Å². The zero-order chi connectivity index (χ0) is 9.82. The molecule has 1 saturated heterocycles. The summed E-state index contributed by atoms with van der Waals surface area (Å²) in [6.07, 6.45) is 2.43. The summed E-state index contributed by atoms with van der Waals surface area (Å²) in [7, 11) is 2.42. The Balaban J connectivity index is 0. The maximum absolute atomic E-state index is 8.65. The molecule has 3 heteroatoms. The summed E-state index contributed by atoms with van der Waals surface area (Å²) in [6, 6.07) is 0. The molecule has 1 heterocycles. The first kappa shape index (κ1) is 14.9. The lowest BCUT2D eigenvalue weighted by atomic mass is 10.0. The van der Waals surface area contributed by atoms with Gasteiger partial charge in [-0.25, -0.2) is 0 Å². The number of hydrogen-bond donors (Lipinski definition) is 2. The largest absolute Gasteiger partial charge is 0.396 e. The van der Waals surface area contributed by atoms with Crippen LogP contribution in [-0.2, 0) is 0 Å². The summed E-state index contributed by atoms with van der Waals surface area (Å²) >= 11 is 0. The number of rotatable bonds is 1. The molecule has 0 aromatic carbocycles. The Morgan fingerprint density at radius 1 is 1.42 bits per heavy atom. The third-order valence-electron chi connectivity index (χ3n) is 1.66. The highest BCUT2D eigenvalue weighted by atomic mass is 31.0. The van der Waals surface area contributed by atoms with Crippen molar-refractivity contribution in [2.75, 3.05) is 26.4 Å².